The highest BCUT2D eigenvalue weighted by atomic mass is 31.1. The second-order valence-electron chi connectivity index (χ2n) is 5.81. The molecule has 0 bridgehead atoms. The van der Waals surface area contributed by atoms with Crippen molar-refractivity contribution < 1.29 is 5.11 Å². The number of rotatable bonds is 5. The molecule has 0 saturated carbocycles. The number of phenols is 1. The molecule has 2 nitrogen and oxygen atoms in total. The first-order valence-electron chi connectivity index (χ1n) is 7.59. The Bertz CT molecular complexity index is 681. The van der Waals surface area contributed by atoms with Gasteiger partial charge in [0.1, 0.15) is 5.75 Å². The highest BCUT2D eigenvalue weighted by Crippen LogP contribution is 2.47. The molecule has 0 fully saturated rings. The smallest absolute Gasteiger partial charge is 0.119 e. The number of hydrogen-bond donors (Lipinski definition) is 1. The van der Waals surface area contributed by atoms with E-state index in [1.54, 1.807) is 7.05 Å². The van der Waals surface area contributed by atoms with E-state index in [-0.39, 0.29) is 5.16 Å². The van der Waals surface area contributed by atoms with Gasteiger partial charge in [-0.1, -0.05) is 64.4 Å². The minimum absolute atomic E-state index is 0.0756. The Hall–Kier alpha value is -1.66. The Kier molecular flexibility index (Phi) is 5.37. The molecule has 0 saturated heterocycles. The Balaban J connectivity index is 2.46. The fourth-order valence-corrected chi connectivity index (χ4v) is 4.18. The fourth-order valence-electron chi connectivity index (χ4n) is 2.60. The van der Waals surface area contributed by atoms with Gasteiger partial charge in [-0.2, -0.15) is 0 Å². The third-order valence-electron chi connectivity index (χ3n) is 4.09. The molecule has 3 heteroatoms. The van der Waals surface area contributed by atoms with Crippen LogP contribution in [0.15, 0.2) is 47.5 Å². The molecule has 22 heavy (non-hydrogen) atoms. The van der Waals surface area contributed by atoms with Gasteiger partial charge in [0.05, 0.1) is 0 Å². The van der Waals surface area contributed by atoms with Crippen molar-refractivity contribution in [1.29, 1.82) is 0 Å². The summed E-state index contributed by atoms with van der Waals surface area (Å²) < 4.78 is 0. The van der Waals surface area contributed by atoms with E-state index >= 15 is 0 Å². The summed E-state index contributed by atoms with van der Waals surface area (Å²) in [6, 6.07) is 14.2. The third kappa shape index (κ3) is 3.56. The zero-order valence-electron chi connectivity index (χ0n) is 13.7. The van der Waals surface area contributed by atoms with Gasteiger partial charge in [-0.15, -0.1) is 0 Å². The Morgan fingerprint density at radius 2 is 1.95 bits per heavy atom. The van der Waals surface area contributed by atoms with Crippen LogP contribution in [-0.4, -0.2) is 18.4 Å². The topological polar surface area (TPSA) is 32.6 Å². The molecule has 2 aromatic rings. The molecule has 0 amide bonds. The van der Waals surface area contributed by atoms with Crippen molar-refractivity contribution in [2.45, 2.75) is 32.3 Å². The summed E-state index contributed by atoms with van der Waals surface area (Å²) in [6.07, 6.45) is 2.88. The normalized spacial score (nSPS) is 14.7. The van der Waals surface area contributed by atoms with Crippen LogP contribution in [0.1, 0.15) is 37.0 Å². The van der Waals surface area contributed by atoms with E-state index in [1.807, 2.05) is 24.4 Å². The van der Waals surface area contributed by atoms with Crippen molar-refractivity contribution in [1.82, 2.24) is 0 Å². The van der Waals surface area contributed by atoms with Crippen molar-refractivity contribution in [2.75, 3.05) is 7.05 Å². The van der Waals surface area contributed by atoms with Gasteiger partial charge >= 0.3 is 0 Å². The number of benzene rings is 2. The van der Waals surface area contributed by atoms with E-state index in [4.69, 9.17) is 0 Å². The maximum Gasteiger partial charge on any atom is 0.119 e. The molecule has 1 N–H and O–H groups in total. The largest absolute Gasteiger partial charge is 0.508 e. The van der Waals surface area contributed by atoms with Crippen LogP contribution in [0.3, 0.4) is 0 Å². The summed E-state index contributed by atoms with van der Waals surface area (Å²) in [7, 11) is 2.37. The Morgan fingerprint density at radius 3 is 2.64 bits per heavy atom. The second kappa shape index (κ2) is 7.07. The number of phenolic OH excluding ortho intramolecular Hbond substituents is 1. The highest BCUT2D eigenvalue weighted by molar-refractivity contribution is 7.48. The molecular weight excluding hydrogens is 289 g/mol. The zero-order valence-corrected chi connectivity index (χ0v) is 14.7. The molecule has 2 rings (SSSR count). The lowest BCUT2D eigenvalue weighted by Gasteiger charge is -2.30. The summed E-state index contributed by atoms with van der Waals surface area (Å²) in [5.74, 6) is 0.393. The third-order valence-corrected chi connectivity index (χ3v) is 5.99. The standard InChI is InChI=1S/C19H24NOP/c1-5-19(3,16-12-14(2)10-11-17(16)21)22-18-9-7-6-8-15(18)13-20-4/h6-13,21-22H,5H2,1-4H3. The van der Waals surface area contributed by atoms with Crippen LogP contribution >= 0.6 is 8.58 Å². The number of hydrogen-bond acceptors (Lipinski definition) is 2. The summed E-state index contributed by atoms with van der Waals surface area (Å²) in [4.78, 5) is 4.16. The van der Waals surface area contributed by atoms with E-state index in [2.05, 4.69) is 50.0 Å². The molecule has 2 atom stereocenters. The van der Waals surface area contributed by atoms with Gasteiger partial charge in [-0.3, -0.25) is 4.99 Å². The van der Waals surface area contributed by atoms with Crippen molar-refractivity contribution >= 4 is 20.1 Å². The second-order valence-corrected chi connectivity index (χ2v) is 7.70. The average molecular weight is 313 g/mol. The van der Waals surface area contributed by atoms with Gasteiger partial charge in [-0.05, 0) is 30.3 Å². The first-order chi connectivity index (χ1) is 10.5. The average Bonchev–Trinajstić information content (AvgIpc) is 2.52. The van der Waals surface area contributed by atoms with E-state index in [0.717, 1.165) is 17.5 Å². The fraction of sp³-hybridized carbons (Fsp3) is 0.316. The van der Waals surface area contributed by atoms with Crippen LogP contribution in [0.2, 0.25) is 0 Å². The maximum atomic E-state index is 10.3. The lowest BCUT2D eigenvalue weighted by atomic mass is 9.95. The predicted octanol–water partition coefficient (Wildman–Crippen LogP) is 4.38. The quantitative estimate of drug-likeness (QED) is 0.645. The molecule has 116 valence electrons. The molecule has 0 radical (unpaired) electrons. The van der Waals surface area contributed by atoms with Gasteiger partial charge < -0.3 is 5.11 Å². The van der Waals surface area contributed by atoms with Crippen molar-refractivity contribution in [3.63, 3.8) is 0 Å². The Labute approximate surface area is 135 Å². The van der Waals surface area contributed by atoms with Crippen LogP contribution in [0, 0.1) is 6.92 Å². The maximum absolute atomic E-state index is 10.3. The molecule has 0 aliphatic heterocycles. The lowest BCUT2D eigenvalue weighted by molar-refractivity contribution is 0.456. The van der Waals surface area contributed by atoms with Crippen LogP contribution in [0.5, 0.6) is 5.75 Å². The predicted molar refractivity (Wildman–Crippen MR) is 98.4 cm³/mol. The molecule has 2 unspecified atom stereocenters. The number of aromatic hydroxyl groups is 1. The van der Waals surface area contributed by atoms with Crippen LogP contribution in [0.4, 0.5) is 0 Å². The molecule has 0 heterocycles. The molecular formula is C19H24NOP. The van der Waals surface area contributed by atoms with Crippen LogP contribution in [-0.2, 0) is 5.16 Å². The first kappa shape index (κ1) is 16.7. The van der Waals surface area contributed by atoms with E-state index in [9.17, 15) is 5.11 Å². The molecule has 2 aromatic carbocycles. The summed E-state index contributed by atoms with van der Waals surface area (Å²) in [5.41, 5.74) is 3.38. The number of nitrogens with zero attached hydrogens (tertiary/aromatic N) is 1. The van der Waals surface area contributed by atoms with Crippen molar-refractivity contribution in [3.8, 4) is 5.75 Å². The van der Waals surface area contributed by atoms with Gasteiger partial charge in [0, 0.05) is 24.0 Å². The molecule has 0 aliphatic rings. The van der Waals surface area contributed by atoms with Crippen molar-refractivity contribution in [3.05, 3.63) is 59.2 Å². The molecule has 0 aromatic heterocycles. The molecule has 0 aliphatic carbocycles. The first-order valence-corrected chi connectivity index (χ1v) is 8.59. The lowest BCUT2D eigenvalue weighted by Crippen LogP contribution is -2.20. The van der Waals surface area contributed by atoms with E-state index < -0.39 is 0 Å². The molecule has 0 spiro atoms. The van der Waals surface area contributed by atoms with E-state index in [0.29, 0.717) is 14.3 Å². The summed E-state index contributed by atoms with van der Waals surface area (Å²) >= 11 is 0. The Morgan fingerprint density at radius 1 is 1.23 bits per heavy atom. The minimum atomic E-state index is -0.0756. The zero-order chi connectivity index (χ0) is 16.2. The SMILES string of the molecule is CCC(C)(Pc1ccccc1C=NC)c1cc(C)ccc1O. The van der Waals surface area contributed by atoms with Gasteiger partial charge in [0.2, 0.25) is 0 Å². The van der Waals surface area contributed by atoms with Gasteiger partial charge in [-0.25, -0.2) is 0 Å². The van der Waals surface area contributed by atoms with Crippen LogP contribution in [0.25, 0.3) is 0 Å². The minimum Gasteiger partial charge on any atom is -0.508 e. The number of aliphatic imine (C=N–C) groups is 1. The monoisotopic (exact) mass is 313 g/mol. The summed E-state index contributed by atoms with van der Waals surface area (Å²) in [6.45, 7) is 6.49. The van der Waals surface area contributed by atoms with Gasteiger partial charge in [0.25, 0.3) is 0 Å². The van der Waals surface area contributed by atoms with Gasteiger partial charge in [0.15, 0.2) is 0 Å². The van der Waals surface area contributed by atoms with Crippen molar-refractivity contribution in [2.24, 2.45) is 4.99 Å². The highest BCUT2D eigenvalue weighted by Gasteiger charge is 2.28. The number of aryl methyl sites for hydroxylation is 1. The van der Waals surface area contributed by atoms with E-state index in [1.165, 1.54) is 10.9 Å². The summed E-state index contributed by atoms with van der Waals surface area (Å²) in [5, 5.41) is 11.5. The van der Waals surface area contributed by atoms with Crippen LogP contribution < -0.4 is 5.30 Å².